The molecule has 1 aliphatic carbocycles. The molecule has 7 nitrogen and oxygen atoms in total. The molecular weight excluding hydrogens is 354 g/mol. The van der Waals surface area contributed by atoms with Crippen molar-refractivity contribution in [2.24, 2.45) is 4.99 Å². The Morgan fingerprint density at radius 2 is 2.21 bits per heavy atom. The average molecular weight is 379 g/mol. The molecule has 1 aromatic carbocycles. The number of amides is 1. The van der Waals surface area contributed by atoms with E-state index in [1.165, 1.54) is 0 Å². The lowest BCUT2D eigenvalue weighted by Gasteiger charge is -2.06. The minimum atomic E-state index is -0.0794. The van der Waals surface area contributed by atoms with E-state index >= 15 is 0 Å². The summed E-state index contributed by atoms with van der Waals surface area (Å²) in [5.41, 5.74) is 3.47. The number of aromatic hydroxyl groups is 1. The van der Waals surface area contributed by atoms with Crippen LogP contribution in [0.5, 0.6) is 5.88 Å². The lowest BCUT2D eigenvalue weighted by atomic mass is 10.0. The molecule has 0 aliphatic heterocycles. The van der Waals surface area contributed by atoms with E-state index < -0.39 is 0 Å². The zero-order valence-electron chi connectivity index (χ0n) is 16.4. The Labute approximate surface area is 163 Å². The number of fused-ring (bicyclic) bond motifs is 1. The zero-order chi connectivity index (χ0) is 19.8. The van der Waals surface area contributed by atoms with Crippen LogP contribution in [0, 0.1) is 0 Å². The third-order valence-electron chi connectivity index (χ3n) is 4.96. The number of carbonyl (C=O) groups excluding carboxylic acids is 1. The van der Waals surface area contributed by atoms with Gasteiger partial charge >= 0.3 is 0 Å². The van der Waals surface area contributed by atoms with E-state index in [0.717, 1.165) is 35.1 Å². The average Bonchev–Trinajstić information content (AvgIpc) is 3.24. The molecule has 0 unspecified atom stereocenters. The molecule has 3 aromatic rings. The van der Waals surface area contributed by atoms with Gasteiger partial charge in [0.2, 0.25) is 0 Å². The van der Waals surface area contributed by atoms with Gasteiger partial charge in [0.1, 0.15) is 5.69 Å². The van der Waals surface area contributed by atoms with E-state index in [1.54, 1.807) is 12.3 Å². The number of nitrogens with one attached hydrogen (secondary N) is 2. The molecule has 28 heavy (non-hydrogen) atoms. The summed E-state index contributed by atoms with van der Waals surface area (Å²) in [6, 6.07) is 5.97. The quantitative estimate of drug-likeness (QED) is 0.563. The van der Waals surface area contributed by atoms with Crippen molar-refractivity contribution >= 4 is 28.2 Å². The maximum atomic E-state index is 12.4. The second-order valence-corrected chi connectivity index (χ2v) is 7.54. The number of H-pyrrole nitrogens is 1. The van der Waals surface area contributed by atoms with Crippen molar-refractivity contribution in [3.05, 3.63) is 41.7 Å². The van der Waals surface area contributed by atoms with E-state index in [-0.39, 0.29) is 17.8 Å². The van der Waals surface area contributed by atoms with E-state index in [0.29, 0.717) is 23.6 Å². The fourth-order valence-electron chi connectivity index (χ4n) is 3.24. The fourth-order valence-corrected chi connectivity index (χ4v) is 3.24. The first-order chi connectivity index (χ1) is 13.5. The topological polar surface area (TPSA) is 95.3 Å². The predicted octanol–water partition coefficient (Wildman–Crippen LogP) is 4.07. The molecule has 3 N–H and O–H groups in total. The summed E-state index contributed by atoms with van der Waals surface area (Å²) in [6.45, 7) is 6.11. The molecule has 0 radical (unpaired) electrons. The molecule has 7 heteroatoms. The van der Waals surface area contributed by atoms with Crippen molar-refractivity contribution in [2.75, 3.05) is 0 Å². The van der Waals surface area contributed by atoms with E-state index in [4.69, 9.17) is 4.99 Å². The van der Waals surface area contributed by atoms with Crippen LogP contribution >= 0.6 is 0 Å². The van der Waals surface area contributed by atoms with Crippen molar-refractivity contribution in [1.29, 1.82) is 0 Å². The SMILES string of the molecule is CCC(=Nc1cnn(C(C)C)c1)c1c(O)[nH]c2ccc(C(=O)NC3CC3)cc12. The van der Waals surface area contributed by atoms with Gasteiger partial charge in [0, 0.05) is 28.6 Å². The van der Waals surface area contributed by atoms with Crippen LogP contribution in [0.25, 0.3) is 10.9 Å². The molecule has 146 valence electrons. The Kier molecular flexibility index (Phi) is 4.66. The Bertz CT molecular complexity index is 1060. The normalized spacial score (nSPS) is 14.8. The Balaban J connectivity index is 1.74. The van der Waals surface area contributed by atoms with Crippen LogP contribution in [0.1, 0.15) is 62.0 Å². The van der Waals surface area contributed by atoms with Crippen molar-refractivity contribution in [3.63, 3.8) is 0 Å². The van der Waals surface area contributed by atoms with E-state index in [9.17, 15) is 9.90 Å². The molecule has 2 heterocycles. The number of aromatic nitrogens is 3. The number of hydrogen-bond donors (Lipinski definition) is 3. The van der Waals surface area contributed by atoms with Gasteiger partial charge in [-0.05, 0) is 51.3 Å². The number of carbonyl (C=O) groups is 1. The maximum Gasteiger partial charge on any atom is 0.251 e. The van der Waals surface area contributed by atoms with Gasteiger partial charge in [0.15, 0.2) is 5.88 Å². The van der Waals surface area contributed by atoms with Crippen LogP contribution in [0.2, 0.25) is 0 Å². The first kappa shape index (κ1) is 18.3. The van der Waals surface area contributed by atoms with Crippen LogP contribution in [0.15, 0.2) is 35.6 Å². The summed E-state index contributed by atoms with van der Waals surface area (Å²) in [5, 5.41) is 18.7. The van der Waals surface area contributed by atoms with Gasteiger partial charge in [0.05, 0.1) is 23.7 Å². The number of rotatable bonds is 6. The maximum absolute atomic E-state index is 12.4. The molecule has 0 saturated heterocycles. The Hall–Kier alpha value is -3.09. The number of aromatic amines is 1. The molecule has 0 bridgehead atoms. The molecule has 1 saturated carbocycles. The van der Waals surface area contributed by atoms with Crippen LogP contribution in [-0.4, -0.2) is 37.5 Å². The molecular formula is C21H25N5O2. The van der Waals surface area contributed by atoms with E-state index in [1.807, 2.05) is 29.9 Å². The predicted molar refractivity (Wildman–Crippen MR) is 110 cm³/mol. The third kappa shape index (κ3) is 3.52. The lowest BCUT2D eigenvalue weighted by molar-refractivity contribution is 0.0951. The minimum absolute atomic E-state index is 0.0617. The monoisotopic (exact) mass is 379 g/mol. The van der Waals surface area contributed by atoms with Crippen LogP contribution in [-0.2, 0) is 0 Å². The number of hydrogen-bond acceptors (Lipinski definition) is 4. The molecule has 4 rings (SSSR count). The van der Waals surface area contributed by atoms with Crippen molar-refractivity contribution in [2.45, 2.75) is 52.1 Å². The van der Waals surface area contributed by atoms with Gasteiger partial charge in [-0.3, -0.25) is 9.48 Å². The standard InChI is InChI=1S/C21H25N5O2/c1-4-17(23-15-10-22-26(11-15)12(2)3)19-16-9-13(20(27)24-14-6-7-14)5-8-18(16)25-21(19)28/h5,8-12,14,25,28H,4,6-7H2,1-3H3,(H,24,27). The van der Waals surface area contributed by atoms with Gasteiger partial charge in [-0.1, -0.05) is 6.92 Å². The zero-order valence-corrected chi connectivity index (χ0v) is 16.4. The smallest absolute Gasteiger partial charge is 0.251 e. The summed E-state index contributed by atoms with van der Waals surface area (Å²) in [4.78, 5) is 20.1. The van der Waals surface area contributed by atoms with Crippen LogP contribution in [0.4, 0.5) is 5.69 Å². The first-order valence-electron chi connectivity index (χ1n) is 9.74. The van der Waals surface area contributed by atoms with Crippen LogP contribution < -0.4 is 5.32 Å². The number of benzene rings is 1. The largest absolute Gasteiger partial charge is 0.494 e. The molecule has 1 aliphatic rings. The highest BCUT2D eigenvalue weighted by Crippen LogP contribution is 2.31. The van der Waals surface area contributed by atoms with E-state index in [2.05, 4.69) is 29.2 Å². The Morgan fingerprint density at radius 3 is 2.86 bits per heavy atom. The highest BCUT2D eigenvalue weighted by Gasteiger charge is 2.24. The summed E-state index contributed by atoms with van der Waals surface area (Å²) < 4.78 is 1.85. The minimum Gasteiger partial charge on any atom is -0.494 e. The first-order valence-corrected chi connectivity index (χ1v) is 9.74. The second kappa shape index (κ2) is 7.14. The lowest BCUT2D eigenvalue weighted by Crippen LogP contribution is -2.25. The van der Waals surface area contributed by atoms with Gasteiger partial charge in [0.25, 0.3) is 5.91 Å². The second-order valence-electron chi connectivity index (χ2n) is 7.54. The molecule has 0 spiro atoms. The summed E-state index contributed by atoms with van der Waals surface area (Å²) in [7, 11) is 0. The number of nitrogens with zero attached hydrogens (tertiary/aromatic N) is 3. The number of aliphatic imine (C=N–C) groups is 1. The van der Waals surface area contributed by atoms with Gasteiger partial charge in [-0.25, -0.2) is 4.99 Å². The molecule has 2 aromatic heterocycles. The summed E-state index contributed by atoms with van der Waals surface area (Å²) in [5.74, 6) is -0.0177. The molecule has 1 fully saturated rings. The Morgan fingerprint density at radius 1 is 1.43 bits per heavy atom. The van der Waals surface area contributed by atoms with Gasteiger partial charge in [-0.15, -0.1) is 0 Å². The van der Waals surface area contributed by atoms with Crippen molar-refractivity contribution in [3.8, 4) is 5.88 Å². The summed E-state index contributed by atoms with van der Waals surface area (Å²) in [6.07, 6.45) is 6.32. The fraction of sp³-hybridized carbons (Fsp3) is 0.381. The third-order valence-corrected chi connectivity index (χ3v) is 4.96. The molecule has 1 amide bonds. The highest BCUT2D eigenvalue weighted by molar-refractivity contribution is 6.14. The van der Waals surface area contributed by atoms with Crippen molar-refractivity contribution < 1.29 is 9.90 Å². The summed E-state index contributed by atoms with van der Waals surface area (Å²) >= 11 is 0. The van der Waals surface area contributed by atoms with Gasteiger partial charge in [-0.2, -0.15) is 5.10 Å². The van der Waals surface area contributed by atoms with Crippen LogP contribution in [0.3, 0.4) is 0 Å². The van der Waals surface area contributed by atoms with Gasteiger partial charge < -0.3 is 15.4 Å². The molecule has 0 atom stereocenters. The van der Waals surface area contributed by atoms with Crippen molar-refractivity contribution in [1.82, 2.24) is 20.1 Å². The highest BCUT2D eigenvalue weighted by atomic mass is 16.3.